The van der Waals surface area contributed by atoms with Gasteiger partial charge in [-0.3, -0.25) is 4.79 Å². The first kappa shape index (κ1) is 10.6. The second kappa shape index (κ2) is 4.30. The second-order valence-corrected chi connectivity index (χ2v) is 3.68. The van der Waals surface area contributed by atoms with E-state index in [2.05, 4.69) is 10.3 Å². The average molecular weight is 224 g/mol. The Kier molecular flexibility index (Phi) is 2.84. The van der Waals surface area contributed by atoms with Gasteiger partial charge < -0.3 is 10.0 Å². The monoisotopic (exact) mass is 224 g/mol. The standard InChI is InChI=1S/C9H12N4O3/c14-8(6-12-5-3-10-11-12)13-4-1-2-7(13)9(15)16/h3,5,7H,1-2,4,6H2,(H,15,16). The molecule has 2 heterocycles. The summed E-state index contributed by atoms with van der Waals surface area (Å²) in [4.78, 5) is 24.1. The fourth-order valence-corrected chi connectivity index (χ4v) is 1.87. The van der Waals surface area contributed by atoms with Crippen molar-refractivity contribution >= 4 is 11.9 Å². The highest BCUT2D eigenvalue weighted by molar-refractivity contribution is 5.84. The van der Waals surface area contributed by atoms with Crippen molar-refractivity contribution in [3.63, 3.8) is 0 Å². The van der Waals surface area contributed by atoms with Crippen LogP contribution in [-0.4, -0.2) is 49.5 Å². The van der Waals surface area contributed by atoms with E-state index in [1.807, 2.05) is 0 Å². The highest BCUT2D eigenvalue weighted by Crippen LogP contribution is 2.17. The van der Waals surface area contributed by atoms with Crippen molar-refractivity contribution < 1.29 is 14.7 Å². The molecule has 0 saturated carbocycles. The third-order valence-electron chi connectivity index (χ3n) is 2.63. The van der Waals surface area contributed by atoms with Crippen molar-refractivity contribution in [1.82, 2.24) is 19.9 Å². The lowest BCUT2D eigenvalue weighted by Gasteiger charge is -2.21. The lowest BCUT2D eigenvalue weighted by atomic mass is 10.2. The Hall–Kier alpha value is -1.92. The molecule has 7 heteroatoms. The van der Waals surface area contributed by atoms with Gasteiger partial charge in [-0.05, 0) is 12.8 Å². The number of carbonyl (C=O) groups is 2. The van der Waals surface area contributed by atoms with Crippen LogP contribution in [0.2, 0.25) is 0 Å². The minimum Gasteiger partial charge on any atom is -0.480 e. The Morgan fingerprint density at radius 1 is 1.50 bits per heavy atom. The van der Waals surface area contributed by atoms with Crippen LogP contribution in [0.4, 0.5) is 0 Å². The summed E-state index contributed by atoms with van der Waals surface area (Å²) in [6.45, 7) is 0.550. The van der Waals surface area contributed by atoms with Crippen LogP contribution in [0, 0.1) is 0 Å². The molecule has 0 aliphatic carbocycles. The number of carboxylic acids is 1. The Morgan fingerprint density at radius 2 is 2.31 bits per heavy atom. The van der Waals surface area contributed by atoms with Gasteiger partial charge in [0.15, 0.2) is 0 Å². The van der Waals surface area contributed by atoms with Gasteiger partial charge in [0.2, 0.25) is 5.91 Å². The number of nitrogens with zero attached hydrogens (tertiary/aromatic N) is 4. The van der Waals surface area contributed by atoms with Crippen LogP contribution in [0.5, 0.6) is 0 Å². The summed E-state index contributed by atoms with van der Waals surface area (Å²) in [7, 11) is 0. The molecule has 1 aromatic rings. The van der Waals surface area contributed by atoms with Crippen molar-refractivity contribution in [1.29, 1.82) is 0 Å². The van der Waals surface area contributed by atoms with Crippen LogP contribution < -0.4 is 0 Å². The SMILES string of the molecule is O=C(O)C1CCCN1C(=O)Cn1ccnn1. The van der Waals surface area contributed by atoms with Crippen molar-refractivity contribution in [3.8, 4) is 0 Å². The van der Waals surface area contributed by atoms with Gasteiger partial charge in [0.25, 0.3) is 0 Å². The van der Waals surface area contributed by atoms with Gasteiger partial charge in [-0.2, -0.15) is 0 Å². The van der Waals surface area contributed by atoms with E-state index in [1.165, 1.54) is 15.8 Å². The van der Waals surface area contributed by atoms with E-state index in [0.717, 1.165) is 6.42 Å². The van der Waals surface area contributed by atoms with E-state index in [0.29, 0.717) is 13.0 Å². The van der Waals surface area contributed by atoms with Crippen molar-refractivity contribution in [3.05, 3.63) is 12.4 Å². The van der Waals surface area contributed by atoms with Crippen molar-refractivity contribution in [2.45, 2.75) is 25.4 Å². The molecule has 1 atom stereocenters. The molecule has 16 heavy (non-hydrogen) atoms. The van der Waals surface area contributed by atoms with Crippen molar-refractivity contribution in [2.24, 2.45) is 0 Å². The summed E-state index contributed by atoms with van der Waals surface area (Å²) in [5.74, 6) is -1.17. The number of rotatable bonds is 3. The molecule has 1 aromatic heterocycles. The fourth-order valence-electron chi connectivity index (χ4n) is 1.87. The molecule has 0 aromatic carbocycles. The highest BCUT2D eigenvalue weighted by Gasteiger charge is 2.33. The molecule has 0 bridgehead atoms. The Labute approximate surface area is 91.7 Å². The summed E-state index contributed by atoms with van der Waals surface area (Å²) < 4.78 is 1.39. The number of aliphatic carboxylic acids is 1. The molecule has 1 fully saturated rings. The van der Waals surface area contributed by atoms with Gasteiger partial charge in [-0.1, -0.05) is 5.21 Å². The van der Waals surface area contributed by atoms with Gasteiger partial charge in [0.1, 0.15) is 12.6 Å². The minimum absolute atomic E-state index is 0.0454. The molecule has 1 aliphatic heterocycles. The normalized spacial score (nSPS) is 20.0. The van der Waals surface area contributed by atoms with E-state index in [4.69, 9.17) is 5.11 Å². The first-order valence-electron chi connectivity index (χ1n) is 5.05. The average Bonchev–Trinajstić information content (AvgIpc) is 2.86. The zero-order valence-electron chi connectivity index (χ0n) is 8.61. The zero-order chi connectivity index (χ0) is 11.5. The number of hydrogen-bond donors (Lipinski definition) is 1. The van der Waals surface area contributed by atoms with Gasteiger partial charge in [-0.25, -0.2) is 9.48 Å². The number of carbonyl (C=O) groups excluding carboxylic acids is 1. The maximum absolute atomic E-state index is 11.8. The smallest absolute Gasteiger partial charge is 0.326 e. The maximum Gasteiger partial charge on any atom is 0.326 e. The van der Waals surface area contributed by atoms with E-state index in [9.17, 15) is 9.59 Å². The predicted octanol–water partition coefficient (Wildman–Crippen LogP) is -0.646. The first-order chi connectivity index (χ1) is 7.68. The van der Waals surface area contributed by atoms with Crippen LogP contribution in [0.15, 0.2) is 12.4 Å². The van der Waals surface area contributed by atoms with Crippen molar-refractivity contribution in [2.75, 3.05) is 6.54 Å². The molecule has 1 amide bonds. The molecule has 1 unspecified atom stereocenters. The summed E-state index contributed by atoms with van der Waals surface area (Å²) in [6, 6.07) is -0.684. The molecule has 1 aliphatic rings. The van der Waals surface area contributed by atoms with E-state index in [1.54, 1.807) is 6.20 Å². The largest absolute Gasteiger partial charge is 0.480 e. The third kappa shape index (κ3) is 2.02. The molecule has 1 saturated heterocycles. The molecule has 2 rings (SSSR count). The topological polar surface area (TPSA) is 88.3 Å². The van der Waals surface area contributed by atoms with Gasteiger partial charge in [0, 0.05) is 12.7 Å². The van der Waals surface area contributed by atoms with Crippen LogP contribution >= 0.6 is 0 Å². The van der Waals surface area contributed by atoms with Crippen LogP contribution in [-0.2, 0) is 16.1 Å². The Balaban J connectivity index is 2.01. The number of aromatic nitrogens is 3. The maximum atomic E-state index is 11.8. The van der Waals surface area contributed by atoms with E-state index >= 15 is 0 Å². The summed E-state index contributed by atoms with van der Waals surface area (Å²) >= 11 is 0. The fraction of sp³-hybridized carbons (Fsp3) is 0.556. The molecule has 86 valence electrons. The van der Waals surface area contributed by atoms with Gasteiger partial charge in [0.05, 0.1) is 6.20 Å². The van der Waals surface area contributed by atoms with Gasteiger partial charge in [-0.15, -0.1) is 5.10 Å². The Bertz CT molecular complexity index is 389. The molecule has 7 nitrogen and oxygen atoms in total. The van der Waals surface area contributed by atoms with Crippen LogP contribution in [0.3, 0.4) is 0 Å². The molecule has 0 radical (unpaired) electrons. The highest BCUT2D eigenvalue weighted by atomic mass is 16.4. The summed E-state index contributed by atoms with van der Waals surface area (Å²) in [5, 5.41) is 16.2. The second-order valence-electron chi connectivity index (χ2n) is 3.68. The lowest BCUT2D eigenvalue weighted by molar-refractivity contribution is -0.148. The number of amides is 1. The zero-order valence-corrected chi connectivity index (χ0v) is 8.61. The van der Waals surface area contributed by atoms with E-state index in [-0.39, 0.29) is 12.5 Å². The first-order valence-corrected chi connectivity index (χ1v) is 5.05. The third-order valence-corrected chi connectivity index (χ3v) is 2.63. The quantitative estimate of drug-likeness (QED) is 0.737. The molecule has 0 spiro atoms. The summed E-state index contributed by atoms with van der Waals surface area (Å²) in [5.41, 5.74) is 0. The minimum atomic E-state index is -0.940. The molecular formula is C9H12N4O3. The van der Waals surface area contributed by atoms with E-state index < -0.39 is 12.0 Å². The lowest BCUT2D eigenvalue weighted by Crippen LogP contribution is -2.42. The number of likely N-dealkylation sites (tertiary alicyclic amines) is 1. The summed E-state index contributed by atoms with van der Waals surface area (Å²) in [6.07, 6.45) is 4.31. The molecular weight excluding hydrogens is 212 g/mol. The number of carboxylic acid groups (broad SMARTS) is 1. The number of hydrogen-bond acceptors (Lipinski definition) is 4. The Morgan fingerprint density at radius 3 is 2.94 bits per heavy atom. The predicted molar refractivity (Wildman–Crippen MR) is 52.4 cm³/mol. The van der Waals surface area contributed by atoms with Crippen LogP contribution in [0.1, 0.15) is 12.8 Å². The molecule has 1 N–H and O–H groups in total. The van der Waals surface area contributed by atoms with Crippen LogP contribution in [0.25, 0.3) is 0 Å². The van der Waals surface area contributed by atoms with Gasteiger partial charge >= 0.3 is 5.97 Å².